The lowest BCUT2D eigenvalue weighted by Crippen LogP contribution is -2.35. The molecule has 128 valence electrons. The number of amides is 2. The Balaban J connectivity index is 2.02. The molecule has 24 heavy (non-hydrogen) atoms. The summed E-state index contributed by atoms with van der Waals surface area (Å²) in [6, 6.07) is 4.44. The summed E-state index contributed by atoms with van der Waals surface area (Å²) in [5.41, 5.74) is -0.105. The molecule has 2 rings (SSSR count). The van der Waals surface area contributed by atoms with Gasteiger partial charge in [0, 0.05) is 25.4 Å². The van der Waals surface area contributed by atoms with E-state index in [2.05, 4.69) is 10.4 Å². The first-order chi connectivity index (χ1) is 11.2. The number of alkyl halides is 3. The summed E-state index contributed by atoms with van der Waals surface area (Å²) in [7, 11) is 1.71. The summed E-state index contributed by atoms with van der Waals surface area (Å²) in [6.45, 7) is 1.79. The van der Waals surface area contributed by atoms with Crippen LogP contribution in [-0.2, 0) is 29.4 Å². The first kappa shape index (κ1) is 17.5. The molecule has 0 radical (unpaired) electrons. The summed E-state index contributed by atoms with van der Waals surface area (Å²) in [5.74, 6) is -2.21. The Labute approximate surface area is 135 Å². The lowest BCUT2D eigenvalue weighted by Gasteiger charge is -2.13. The lowest BCUT2D eigenvalue weighted by atomic mass is 10.1. The standard InChI is InChI=1S/C15H15F3N4O2/c1-9-10(8-22(2)21-9)7-19-13(23)14(24)20-12-6-4-3-5-11(12)15(16,17)18/h3-6,8H,7H2,1-2H3,(H,19,23)(H,20,24). The summed E-state index contributed by atoms with van der Waals surface area (Å²) in [5, 5.41) is 8.41. The minimum absolute atomic E-state index is 0.0485. The third-order valence-corrected chi connectivity index (χ3v) is 3.24. The second-order valence-corrected chi connectivity index (χ2v) is 5.09. The number of nitrogens with one attached hydrogen (secondary N) is 2. The average Bonchev–Trinajstić information content (AvgIpc) is 2.82. The SMILES string of the molecule is Cc1nn(C)cc1CNC(=O)C(=O)Nc1ccccc1C(F)(F)F. The van der Waals surface area contributed by atoms with Crippen molar-refractivity contribution in [2.75, 3.05) is 5.32 Å². The molecule has 0 bridgehead atoms. The van der Waals surface area contributed by atoms with E-state index in [-0.39, 0.29) is 6.54 Å². The van der Waals surface area contributed by atoms with Gasteiger partial charge in [-0.25, -0.2) is 0 Å². The maximum Gasteiger partial charge on any atom is 0.418 e. The fraction of sp³-hybridized carbons (Fsp3) is 0.267. The zero-order chi connectivity index (χ0) is 17.9. The van der Waals surface area contributed by atoms with Gasteiger partial charge in [0.1, 0.15) is 0 Å². The molecule has 0 unspecified atom stereocenters. The van der Waals surface area contributed by atoms with Crippen molar-refractivity contribution >= 4 is 17.5 Å². The van der Waals surface area contributed by atoms with E-state index in [9.17, 15) is 22.8 Å². The number of anilines is 1. The molecule has 1 aromatic heterocycles. The smallest absolute Gasteiger partial charge is 0.344 e. The highest BCUT2D eigenvalue weighted by atomic mass is 19.4. The topological polar surface area (TPSA) is 76.0 Å². The van der Waals surface area contributed by atoms with Crippen molar-refractivity contribution in [1.29, 1.82) is 0 Å². The number of rotatable bonds is 3. The molecule has 2 N–H and O–H groups in total. The summed E-state index contributed by atoms with van der Waals surface area (Å²) in [6.07, 6.45) is -2.96. The molecule has 6 nitrogen and oxygen atoms in total. The van der Waals surface area contributed by atoms with E-state index < -0.39 is 29.2 Å². The largest absolute Gasteiger partial charge is 0.418 e. The van der Waals surface area contributed by atoms with Gasteiger partial charge in [0.05, 0.1) is 16.9 Å². The van der Waals surface area contributed by atoms with Crippen LogP contribution in [0.4, 0.5) is 18.9 Å². The quantitative estimate of drug-likeness (QED) is 0.839. The number of halogens is 3. The molecule has 0 aliphatic rings. The number of hydrogen-bond donors (Lipinski definition) is 2. The summed E-state index contributed by atoms with van der Waals surface area (Å²) in [4.78, 5) is 23.6. The maximum atomic E-state index is 12.9. The molecule has 0 saturated carbocycles. The Morgan fingerprint density at radius 3 is 2.46 bits per heavy atom. The van der Waals surface area contributed by atoms with Crippen LogP contribution in [0, 0.1) is 6.92 Å². The first-order valence-electron chi connectivity index (χ1n) is 6.93. The highest BCUT2D eigenvalue weighted by Gasteiger charge is 2.34. The van der Waals surface area contributed by atoms with Crippen molar-refractivity contribution in [2.24, 2.45) is 7.05 Å². The number of aryl methyl sites for hydroxylation is 2. The predicted octanol–water partition coefficient (Wildman–Crippen LogP) is 2.00. The number of benzene rings is 1. The Bertz CT molecular complexity index is 768. The van der Waals surface area contributed by atoms with E-state index in [1.807, 2.05) is 5.32 Å². The van der Waals surface area contributed by atoms with Gasteiger partial charge in [-0.3, -0.25) is 14.3 Å². The Morgan fingerprint density at radius 1 is 1.21 bits per heavy atom. The summed E-state index contributed by atoms with van der Waals surface area (Å²) >= 11 is 0. The fourth-order valence-corrected chi connectivity index (χ4v) is 2.10. The predicted molar refractivity (Wildman–Crippen MR) is 79.9 cm³/mol. The van der Waals surface area contributed by atoms with Gasteiger partial charge in [0.15, 0.2) is 0 Å². The maximum absolute atomic E-state index is 12.9. The van der Waals surface area contributed by atoms with Crippen LogP contribution in [0.3, 0.4) is 0 Å². The van der Waals surface area contributed by atoms with Crippen LogP contribution in [-0.4, -0.2) is 21.6 Å². The second kappa shape index (κ2) is 6.73. The minimum atomic E-state index is -4.63. The van der Waals surface area contributed by atoms with Gasteiger partial charge in [0.2, 0.25) is 0 Å². The second-order valence-electron chi connectivity index (χ2n) is 5.09. The Hall–Kier alpha value is -2.84. The Morgan fingerprint density at radius 2 is 1.88 bits per heavy atom. The van der Waals surface area contributed by atoms with Crippen molar-refractivity contribution in [2.45, 2.75) is 19.6 Å². The highest BCUT2D eigenvalue weighted by molar-refractivity contribution is 6.39. The van der Waals surface area contributed by atoms with Crippen molar-refractivity contribution in [3.05, 3.63) is 47.3 Å². The lowest BCUT2D eigenvalue weighted by molar-refractivity contribution is -0.138. The van der Waals surface area contributed by atoms with E-state index in [4.69, 9.17) is 0 Å². The molecule has 1 aromatic carbocycles. The third-order valence-electron chi connectivity index (χ3n) is 3.24. The van der Waals surface area contributed by atoms with Gasteiger partial charge in [-0.2, -0.15) is 18.3 Å². The number of para-hydroxylation sites is 1. The van der Waals surface area contributed by atoms with Gasteiger partial charge >= 0.3 is 18.0 Å². The summed E-state index contributed by atoms with van der Waals surface area (Å²) < 4.78 is 40.1. The molecule has 0 spiro atoms. The van der Waals surface area contributed by atoms with Gasteiger partial charge in [0.25, 0.3) is 0 Å². The number of hydrogen-bond acceptors (Lipinski definition) is 3. The minimum Gasteiger partial charge on any atom is -0.344 e. The van der Waals surface area contributed by atoms with Crippen LogP contribution in [0.25, 0.3) is 0 Å². The number of aromatic nitrogens is 2. The van der Waals surface area contributed by atoms with Crippen LogP contribution >= 0.6 is 0 Å². The highest BCUT2D eigenvalue weighted by Crippen LogP contribution is 2.34. The number of carbonyl (C=O) groups excluding carboxylic acids is 2. The molecule has 2 amide bonds. The zero-order valence-corrected chi connectivity index (χ0v) is 12.9. The van der Waals surface area contributed by atoms with E-state index in [0.717, 1.165) is 12.1 Å². The molecular formula is C15H15F3N4O2. The van der Waals surface area contributed by atoms with Gasteiger partial charge in [-0.15, -0.1) is 0 Å². The van der Waals surface area contributed by atoms with E-state index in [1.165, 1.54) is 12.1 Å². The van der Waals surface area contributed by atoms with Gasteiger partial charge in [-0.05, 0) is 19.1 Å². The normalized spacial score (nSPS) is 11.2. The zero-order valence-electron chi connectivity index (χ0n) is 12.9. The number of nitrogens with zero attached hydrogens (tertiary/aromatic N) is 2. The van der Waals surface area contributed by atoms with Crippen LogP contribution in [0.5, 0.6) is 0 Å². The van der Waals surface area contributed by atoms with E-state index in [0.29, 0.717) is 11.3 Å². The van der Waals surface area contributed by atoms with Crippen LogP contribution in [0.2, 0.25) is 0 Å². The average molecular weight is 340 g/mol. The Kier molecular flexibility index (Phi) is 4.91. The first-order valence-corrected chi connectivity index (χ1v) is 6.93. The molecule has 1 heterocycles. The molecular weight excluding hydrogens is 325 g/mol. The molecule has 0 fully saturated rings. The molecule has 0 aliphatic carbocycles. The van der Waals surface area contributed by atoms with Crippen LogP contribution in [0.1, 0.15) is 16.8 Å². The molecule has 0 saturated heterocycles. The van der Waals surface area contributed by atoms with Gasteiger partial charge < -0.3 is 10.6 Å². The number of carbonyl (C=O) groups is 2. The van der Waals surface area contributed by atoms with Crippen LogP contribution < -0.4 is 10.6 Å². The van der Waals surface area contributed by atoms with Crippen molar-refractivity contribution < 1.29 is 22.8 Å². The van der Waals surface area contributed by atoms with Crippen LogP contribution in [0.15, 0.2) is 30.5 Å². The molecule has 0 atom stereocenters. The van der Waals surface area contributed by atoms with Gasteiger partial charge in [-0.1, -0.05) is 12.1 Å². The van der Waals surface area contributed by atoms with Crippen molar-refractivity contribution in [1.82, 2.24) is 15.1 Å². The van der Waals surface area contributed by atoms with E-state index >= 15 is 0 Å². The third kappa shape index (κ3) is 4.12. The monoisotopic (exact) mass is 340 g/mol. The van der Waals surface area contributed by atoms with E-state index in [1.54, 1.807) is 24.9 Å². The molecule has 9 heteroatoms. The fourth-order valence-electron chi connectivity index (χ4n) is 2.10. The van der Waals surface area contributed by atoms with Crippen molar-refractivity contribution in [3.63, 3.8) is 0 Å². The van der Waals surface area contributed by atoms with Crippen molar-refractivity contribution in [3.8, 4) is 0 Å². The molecule has 0 aliphatic heterocycles. The molecule has 2 aromatic rings.